The molecule has 0 saturated carbocycles. The van der Waals surface area contributed by atoms with Crippen LogP contribution in [0.15, 0.2) is 36.4 Å². The first-order valence-corrected chi connectivity index (χ1v) is 14.9. The first-order chi connectivity index (χ1) is 15.2. The lowest BCUT2D eigenvalue weighted by Crippen LogP contribution is -2.49. The number of carbonyl (C=O) groups excluding carboxylic acids is 1. The van der Waals surface area contributed by atoms with Gasteiger partial charge in [-0.1, -0.05) is 52.0 Å². The Morgan fingerprint density at radius 2 is 1.61 bits per heavy atom. The number of allylic oxidation sites excluding steroid dienone is 1. The third-order valence-corrected chi connectivity index (χ3v) is 10.6. The number of methoxy groups -OCH3 is 1. The van der Waals surface area contributed by atoms with Crippen LogP contribution in [-0.2, 0) is 25.3 Å². The average molecular weight is 479 g/mol. The summed E-state index contributed by atoms with van der Waals surface area (Å²) in [4.78, 5) is 12.5. The minimum atomic E-state index is -2.13. The van der Waals surface area contributed by atoms with Crippen molar-refractivity contribution in [1.29, 1.82) is 0 Å². The van der Waals surface area contributed by atoms with Gasteiger partial charge in [0.15, 0.2) is 8.32 Å². The van der Waals surface area contributed by atoms with Crippen LogP contribution in [0.2, 0.25) is 18.1 Å². The molecule has 1 aromatic rings. The van der Waals surface area contributed by atoms with E-state index in [2.05, 4.69) is 52.9 Å². The van der Waals surface area contributed by atoms with Gasteiger partial charge < -0.3 is 18.6 Å². The molecule has 0 N–H and O–H groups in total. The Labute approximate surface area is 203 Å². The topological polar surface area (TPSA) is 54.0 Å². The van der Waals surface area contributed by atoms with E-state index >= 15 is 0 Å². The molecule has 1 rings (SSSR count). The lowest BCUT2D eigenvalue weighted by atomic mass is 9.97. The van der Waals surface area contributed by atoms with Crippen LogP contribution >= 0.6 is 0 Å². The molecule has 0 heterocycles. The first-order valence-electron chi connectivity index (χ1n) is 12.0. The summed E-state index contributed by atoms with van der Waals surface area (Å²) < 4.78 is 24.2. The summed E-state index contributed by atoms with van der Waals surface area (Å²) in [5.41, 5.74) is 0.487. The molecule has 33 heavy (non-hydrogen) atoms. The fourth-order valence-corrected chi connectivity index (χ4v) is 4.13. The molecule has 2 atom stereocenters. The van der Waals surface area contributed by atoms with Crippen LogP contribution in [0.1, 0.15) is 66.9 Å². The van der Waals surface area contributed by atoms with Crippen molar-refractivity contribution in [2.24, 2.45) is 5.41 Å². The van der Waals surface area contributed by atoms with Crippen molar-refractivity contribution < 1.29 is 23.4 Å². The maximum atomic E-state index is 12.5. The summed E-state index contributed by atoms with van der Waals surface area (Å²) in [6.07, 6.45) is 5.32. The summed E-state index contributed by atoms with van der Waals surface area (Å²) >= 11 is 0. The number of ether oxygens (including phenoxy) is 3. The zero-order chi connectivity index (χ0) is 25.3. The van der Waals surface area contributed by atoms with Gasteiger partial charge in [0.2, 0.25) is 0 Å². The Bertz CT molecular complexity index is 741. The highest BCUT2D eigenvalue weighted by Gasteiger charge is 2.41. The van der Waals surface area contributed by atoms with E-state index < -0.39 is 13.7 Å². The first kappa shape index (κ1) is 29.4. The van der Waals surface area contributed by atoms with Crippen LogP contribution in [0, 0.1) is 5.41 Å². The maximum absolute atomic E-state index is 12.5. The Morgan fingerprint density at radius 1 is 1.00 bits per heavy atom. The standard InChI is InChI=1S/C27H46O5Si/c1-11-12-13-14-23(30-19-21-15-17-22(29-8)18-16-21)24(20-31-25(28)26(2,3)4)32-33(9,10)27(5,6)7/h12-13,15-18,23-24H,11,14,19-20H2,1-10H3/b13-12-/t23-,24+/m0/s1. The normalized spacial score (nSPS) is 14.8. The van der Waals surface area contributed by atoms with Gasteiger partial charge in [-0.2, -0.15) is 0 Å². The van der Waals surface area contributed by atoms with Gasteiger partial charge >= 0.3 is 5.97 Å². The summed E-state index contributed by atoms with van der Waals surface area (Å²) in [6, 6.07) is 7.86. The molecule has 0 aliphatic carbocycles. The van der Waals surface area contributed by atoms with Gasteiger partial charge in [0.25, 0.3) is 0 Å². The van der Waals surface area contributed by atoms with Crippen molar-refractivity contribution in [3.05, 3.63) is 42.0 Å². The Kier molecular flexibility index (Phi) is 11.3. The lowest BCUT2D eigenvalue weighted by Gasteiger charge is -2.41. The SMILES string of the molecule is CC/C=C\C[C@H](OCc1ccc(OC)cc1)[C@@H](COC(=O)C(C)(C)C)O[Si](C)(C)C(C)(C)C. The van der Waals surface area contributed by atoms with Gasteiger partial charge in [0.05, 0.1) is 25.2 Å². The predicted molar refractivity (Wildman–Crippen MR) is 138 cm³/mol. The molecule has 1 aromatic carbocycles. The number of esters is 1. The van der Waals surface area contributed by atoms with Crippen LogP contribution in [-0.4, -0.2) is 40.2 Å². The molecule has 0 aromatic heterocycles. The fraction of sp³-hybridized carbons (Fsp3) is 0.667. The molecule has 0 amide bonds. The quantitative estimate of drug-likeness (QED) is 0.185. The van der Waals surface area contributed by atoms with Crippen molar-refractivity contribution in [3.63, 3.8) is 0 Å². The Balaban J connectivity index is 3.13. The molecule has 0 aliphatic heterocycles. The van der Waals surface area contributed by atoms with Crippen molar-refractivity contribution in [3.8, 4) is 5.75 Å². The van der Waals surface area contributed by atoms with E-state index in [9.17, 15) is 4.79 Å². The van der Waals surface area contributed by atoms with Crippen LogP contribution in [0.3, 0.4) is 0 Å². The van der Waals surface area contributed by atoms with Crippen LogP contribution < -0.4 is 4.74 Å². The van der Waals surface area contributed by atoms with Crippen molar-refractivity contribution >= 4 is 14.3 Å². The molecule has 0 spiro atoms. The fourth-order valence-electron chi connectivity index (χ4n) is 2.80. The maximum Gasteiger partial charge on any atom is 0.311 e. The van der Waals surface area contributed by atoms with E-state index in [1.165, 1.54) is 0 Å². The second-order valence-corrected chi connectivity index (χ2v) is 15.8. The molecule has 188 valence electrons. The van der Waals surface area contributed by atoms with Gasteiger partial charge in [0, 0.05) is 0 Å². The second kappa shape index (κ2) is 12.7. The van der Waals surface area contributed by atoms with Crippen molar-refractivity contribution in [1.82, 2.24) is 0 Å². The van der Waals surface area contributed by atoms with Gasteiger partial charge in [0.1, 0.15) is 18.5 Å². The summed E-state index contributed by atoms with van der Waals surface area (Å²) in [5.74, 6) is 0.582. The largest absolute Gasteiger partial charge is 0.497 e. The zero-order valence-corrected chi connectivity index (χ0v) is 23.5. The van der Waals surface area contributed by atoms with Crippen LogP contribution in [0.5, 0.6) is 5.75 Å². The number of hydrogen-bond acceptors (Lipinski definition) is 5. The van der Waals surface area contributed by atoms with Crippen molar-refractivity contribution in [2.75, 3.05) is 13.7 Å². The van der Waals surface area contributed by atoms with E-state index in [1.54, 1.807) is 7.11 Å². The Morgan fingerprint density at radius 3 is 2.09 bits per heavy atom. The van der Waals surface area contributed by atoms with Gasteiger partial charge in [-0.25, -0.2) is 0 Å². The van der Waals surface area contributed by atoms with E-state index in [0.717, 1.165) is 17.7 Å². The van der Waals surface area contributed by atoms with E-state index in [0.29, 0.717) is 13.0 Å². The van der Waals surface area contributed by atoms with Gasteiger partial charge in [-0.05, 0) is 69.4 Å². The highest BCUT2D eigenvalue weighted by Crippen LogP contribution is 2.38. The molecule has 0 radical (unpaired) electrons. The summed E-state index contributed by atoms with van der Waals surface area (Å²) in [7, 11) is -0.473. The van der Waals surface area contributed by atoms with E-state index in [-0.39, 0.29) is 29.8 Å². The Hall–Kier alpha value is -1.63. The number of hydrogen-bond donors (Lipinski definition) is 0. The smallest absolute Gasteiger partial charge is 0.311 e. The van der Waals surface area contributed by atoms with Crippen molar-refractivity contribution in [2.45, 2.75) is 98.3 Å². The molecule has 0 fully saturated rings. The molecule has 5 nitrogen and oxygen atoms in total. The van der Waals surface area contributed by atoms with Crippen LogP contribution in [0.4, 0.5) is 0 Å². The molecule has 0 unspecified atom stereocenters. The number of carbonyl (C=O) groups is 1. The molecule has 6 heteroatoms. The predicted octanol–water partition coefficient (Wildman–Crippen LogP) is 6.92. The summed E-state index contributed by atoms with van der Waals surface area (Å²) in [5, 5.41) is 0.0269. The average Bonchev–Trinajstić information content (AvgIpc) is 2.72. The molecule has 0 aliphatic rings. The van der Waals surface area contributed by atoms with Crippen LogP contribution in [0.25, 0.3) is 0 Å². The molecular formula is C27H46O5Si. The van der Waals surface area contributed by atoms with Gasteiger partial charge in [-0.15, -0.1) is 0 Å². The van der Waals surface area contributed by atoms with E-state index in [4.69, 9.17) is 18.6 Å². The number of benzene rings is 1. The second-order valence-electron chi connectivity index (χ2n) is 11.1. The minimum absolute atomic E-state index is 0.0269. The summed E-state index contributed by atoms with van der Waals surface area (Å²) in [6.45, 7) is 19.4. The molecule has 0 bridgehead atoms. The zero-order valence-electron chi connectivity index (χ0n) is 22.5. The third-order valence-electron chi connectivity index (χ3n) is 6.05. The monoisotopic (exact) mass is 478 g/mol. The highest BCUT2D eigenvalue weighted by atomic mass is 28.4. The van der Waals surface area contributed by atoms with E-state index in [1.807, 2.05) is 45.0 Å². The highest BCUT2D eigenvalue weighted by molar-refractivity contribution is 6.74. The minimum Gasteiger partial charge on any atom is -0.497 e. The lowest BCUT2D eigenvalue weighted by molar-refractivity contribution is -0.159. The number of rotatable bonds is 12. The van der Waals surface area contributed by atoms with Gasteiger partial charge in [-0.3, -0.25) is 4.79 Å². The third kappa shape index (κ3) is 10.0. The molecular weight excluding hydrogens is 432 g/mol. The molecule has 0 saturated heterocycles.